The first-order valence-corrected chi connectivity index (χ1v) is 6.36. The van der Waals surface area contributed by atoms with Crippen LogP contribution in [0, 0.1) is 19.3 Å². The highest BCUT2D eigenvalue weighted by atomic mass is 32.1. The van der Waals surface area contributed by atoms with Gasteiger partial charge in [-0.2, -0.15) is 0 Å². The summed E-state index contributed by atoms with van der Waals surface area (Å²) in [5.41, 5.74) is 7.74. The maximum atomic E-state index is 7.31. The van der Waals surface area contributed by atoms with Crippen molar-refractivity contribution < 1.29 is 4.74 Å². The van der Waals surface area contributed by atoms with Crippen molar-refractivity contribution in [3.63, 3.8) is 0 Å². The molecule has 1 aromatic carbocycles. The Labute approximate surface area is 110 Å². The average Bonchev–Trinajstić information content (AvgIpc) is 2.73. The van der Waals surface area contributed by atoms with Crippen LogP contribution in [0.25, 0.3) is 0 Å². The second-order valence-electron chi connectivity index (χ2n) is 4.14. The summed E-state index contributed by atoms with van der Waals surface area (Å²) in [5.74, 6) is 0.886. The molecule has 0 radical (unpaired) electrons. The number of nitrogens with zero attached hydrogens (tertiary/aromatic N) is 1. The van der Waals surface area contributed by atoms with Gasteiger partial charge in [0.25, 0.3) is 0 Å². The van der Waals surface area contributed by atoms with Crippen molar-refractivity contribution in [3.8, 4) is 5.75 Å². The molecule has 1 aromatic heterocycles. The van der Waals surface area contributed by atoms with Crippen LogP contribution in [0.1, 0.15) is 21.0 Å². The van der Waals surface area contributed by atoms with Gasteiger partial charge in [-0.15, -0.1) is 11.3 Å². The van der Waals surface area contributed by atoms with Gasteiger partial charge in [0, 0.05) is 6.20 Å². The Hall–Kier alpha value is -1.88. The molecule has 94 valence electrons. The normalized spacial score (nSPS) is 10.3. The Balaban J connectivity index is 2.04. The number of amidine groups is 1. The largest absolute Gasteiger partial charge is 0.486 e. The minimum atomic E-state index is 0.0464. The summed E-state index contributed by atoms with van der Waals surface area (Å²) < 4.78 is 5.68. The number of aryl methyl sites for hydroxylation is 2. The molecule has 0 aliphatic heterocycles. The van der Waals surface area contributed by atoms with Gasteiger partial charge in [-0.25, -0.2) is 4.98 Å². The van der Waals surface area contributed by atoms with Crippen LogP contribution in [0.5, 0.6) is 5.75 Å². The fourth-order valence-corrected chi connectivity index (χ4v) is 2.36. The van der Waals surface area contributed by atoms with Crippen LogP contribution in [0.2, 0.25) is 0 Å². The predicted molar refractivity (Wildman–Crippen MR) is 73.4 cm³/mol. The van der Waals surface area contributed by atoms with Crippen LogP contribution < -0.4 is 10.5 Å². The van der Waals surface area contributed by atoms with Crippen LogP contribution in [0.15, 0.2) is 24.4 Å². The second-order valence-corrected chi connectivity index (χ2v) is 5.26. The van der Waals surface area contributed by atoms with E-state index in [9.17, 15) is 0 Å². The summed E-state index contributed by atoms with van der Waals surface area (Å²) >= 11 is 1.38. The summed E-state index contributed by atoms with van der Waals surface area (Å²) in [6.45, 7) is 4.48. The Morgan fingerprint density at radius 1 is 1.33 bits per heavy atom. The first kappa shape index (κ1) is 12.6. The maximum Gasteiger partial charge on any atom is 0.140 e. The predicted octanol–water partition coefficient (Wildman–Crippen LogP) is 2.62. The van der Waals surface area contributed by atoms with E-state index < -0.39 is 0 Å². The summed E-state index contributed by atoms with van der Waals surface area (Å²) in [6.07, 6.45) is 1.60. The van der Waals surface area contributed by atoms with Gasteiger partial charge in [0.05, 0.1) is 4.88 Å². The number of hydrogen-bond acceptors (Lipinski definition) is 4. The first-order valence-electron chi connectivity index (χ1n) is 5.55. The third-order valence-corrected chi connectivity index (χ3v) is 3.38. The molecule has 0 fully saturated rings. The van der Waals surface area contributed by atoms with Crippen molar-refractivity contribution in [2.24, 2.45) is 5.73 Å². The van der Waals surface area contributed by atoms with Gasteiger partial charge in [0.2, 0.25) is 0 Å². The molecule has 0 saturated carbocycles. The number of nitrogen functional groups attached to an aromatic ring is 1. The van der Waals surface area contributed by atoms with Crippen LogP contribution in [0.4, 0.5) is 0 Å². The lowest BCUT2D eigenvalue weighted by molar-refractivity contribution is 0.305. The SMILES string of the molecule is Cc1cc(C)cc(OCc2ncc(C(=N)N)s2)c1. The zero-order valence-electron chi connectivity index (χ0n) is 10.4. The highest BCUT2D eigenvalue weighted by Gasteiger charge is 2.05. The molecule has 2 aromatic rings. The molecule has 18 heavy (non-hydrogen) atoms. The molecule has 0 amide bonds. The number of rotatable bonds is 4. The maximum absolute atomic E-state index is 7.31. The molecule has 0 atom stereocenters. The van der Waals surface area contributed by atoms with E-state index in [2.05, 4.69) is 11.1 Å². The molecular formula is C13H15N3OS. The van der Waals surface area contributed by atoms with E-state index in [0.717, 1.165) is 10.8 Å². The Bertz CT molecular complexity index is 557. The monoisotopic (exact) mass is 261 g/mol. The molecule has 0 bridgehead atoms. The molecule has 0 spiro atoms. The molecular weight excluding hydrogens is 246 g/mol. The molecule has 3 N–H and O–H groups in total. The molecule has 1 heterocycles. The Kier molecular flexibility index (Phi) is 3.62. The minimum absolute atomic E-state index is 0.0464. The topological polar surface area (TPSA) is 72.0 Å². The quantitative estimate of drug-likeness (QED) is 0.656. The number of benzene rings is 1. The molecule has 0 saturated heterocycles. The van der Waals surface area contributed by atoms with Gasteiger partial charge in [-0.1, -0.05) is 6.07 Å². The highest BCUT2D eigenvalue weighted by molar-refractivity contribution is 7.13. The van der Waals surface area contributed by atoms with Crippen molar-refractivity contribution >= 4 is 17.2 Å². The Morgan fingerprint density at radius 2 is 2.00 bits per heavy atom. The van der Waals surface area contributed by atoms with Crippen LogP contribution >= 0.6 is 11.3 Å². The third kappa shape index (κ3) is 3.07. The molecule has 4 nitrogen and oxygen atoms in total. The van der Waals surface area contributed by atoms with E-state index in [1.807, 2.05) is 26.0 Å². The van der Waals surface area contributed by atoms with Crippen molar-refractivity contribution in [2.45, 2.75) is 20.5 Å². The zero-order chi connectivity index (χ0) is 13.1. The summed E-state index contributed by atoms with van der Waals surface area (Å²) in [5, 5.41) is 8.13. The fourth-order valence-electron chi connectivity index (χ4n) is 1.66. The van der Waals surface area contributed by atoms with Gasteiger partial charge in [-0.05, 0) is 37.1 Å². The fraction of sp³-hybridized carbons (Fsp3) is 0.231. The lowest BCUT2D eigenvalue weighted by Gasteiger charge is -2.06. The van der Waals surface area contributed by atoms with Crippen LogP contribution in [-0.4, -0.2) is 10.8 Å². The van der Waals surface area contributed by atoms with Crippen LogP contribution in [-0.2, 0) is 6.61 Å². The average molecular weight is 261 g/mol. The van der Waals surface area contributed by atoms with E-state index in [4.69, 9.17) is 15.9 Å². The number of hydrogen-bond donors (Lipinski definition) is 2. The summed E-state index contributed by atoms with van der Waals surface area (Å²) in [4.78, 5) is 4.85. The minimum Gasteiger partial charge on any atom is -0.486 e. The second kappa shape index (κ2) is 5.18. The van der Waals surface area contributed by atoms with Crippen LogP contribution in [0.3, 0.4) is 0 Å². The standard InChI is InChI=1S/C13H15N3OS/c1-8-3-9(2)5-10(4-8)17-7-12-16-6-11(18-12)13(14)15/h3-6H,7H2,1-2H3,(H3,14,15). The van der Waals surface area contributed by atoms with Gasteiger partial charge in [-0.3, -0.25) is 5.41 Å². The smallest absolute Gasteiger partial charge is 0.140 e. The number of ether oxygens (including phenoxy) is 1. The number of aromatic nitrogens is 1. The number of nitrogens with two attached hydrogens (primary N) is 1. The molecule has 0 unspecified atom stereocenters. The van der Waals surface area contributed by atoms with Gasteiger partial charge in [0.15, 0.2) is 0 Å². The van der Waals surface area contributed by atoms with Crippen molar-refractivity contribution in [1.29, 1.82) is 5.41 Å². The lowest BCUT2D eigenvalue weighted by atomic mass is 10.1. The van der Waals surface area contributed by atoms with E-state index in [-0.39, 0.29) is 5.84 Å². The lowest BCUT2D eigenvalue weighted by Crippen LogP contribution is -2.08. The van der Waals surface area contributed by atoms with Crippen molar-refractivity contribution in [3.05, 3.63) is 45.4 Å². The van der Waals surface area contributed by atoms with Crippen molar-refractivity contribution in [2.75, 3.05) is 0 Å². The van der Waals surface area contributed by atoms with Gasteiger partial charge >= 0.3 is 0 Å². The van der Waals surface area contributed by atoms with E-state index in [1.54, 1.807) is 6.20 Å². The summed E-state index contributed by atoms with van der Waals surface area (Å²) in [6, 6.07) is 6.09. The number of nitrogens with one attached hydrogen (secondary N) is 1. The third-order valence-electron chi connectivity index (χ3n) is 2.38. The Morgan fingerprint density at radius 3 is 2.56 bits per heavy atom. The van der Waals surface area contributed by atoms with E-state index >= 15 is 0 Å². The molecule has 5 heteroatoms. The van der Waals surface area contributed by atoms with E-state index in [1.165, 1.54) is 22.5 Å². The van der Waals surface area contributed by atoms with Crippen molar-refractivity contribution in [1.82, 2.24) is 4.98 Å². The first-order chi connectivity index (χ1) is 8.54. The molecule has 0 aliphatic rings. The highest BCUT2D eigenvalue weighted by Crippen LogP contribution is 2.19. The number of thiazole rings is 1. The van der Waals surface area contributed by atoms with Gasteiger partial charge in [0.1, 0.15) is 23.2 Å². The van der Waals surface area contributed by atoms with E-state index in [0.29, 0.717) is 11.5 Å². The van der Waals surface area contributed by atoms with Gasteiger partial charge < -0.3 is 10.5 Å². The molecule has 2 rings (SSSR count). The molecule has 0 aliphatic carbocycles. The summed E-state index contributed by atoms with van der Waals surface area (Å²) in [7, 11) is 0. The zero-order valence-corrected chi connectivity index (χ0v) is 11.2.